The second kappa shape index (κ2) is 9.06. The lowest BCUT2D eigenvalue weighted by Crippen LogP contribution is -2.59. The Balaban J connectivity index is 0.000000233. The molecule has 0 radical (unpaired) electrons. The molecule has 3 aliphatic rings. The molecule has 1 aromatic carbocycles. The van der Waals surface area contributed by atoms with Gasteiger partial charge in [0.25, 0.3) is 0 Å². The normalized spacial score (nSPS) is 28.8. The van der Waals surface area contributed by atoms with Crippen molar-refractivity contribution in [2.75, 3.05) is 13.6 Å². The monoisotopic (exact) mass is 433 g/mol. The number of fused-ring (bicyclic) bond motifs is 1. The van der Waals surface area contributed by atoms with Gasteiger partial charge in [0, 0.05) is 17.0 Å². The van der Waals surface area contributed by atoms with Crippen LogP contribution in [0, 0.1) is 5.92 Å². The number of carbonyl (C=O) groups excluding carboxylic acids is 1. The quantitative estimate of drug-likeness (QED) is 0.524. The highest BCUT2D eigenvalue weighted by molar-refractivity contribution is 5.94. The number of ketones is 1. The molecular weight excluding hydrogens is 402 g/mol. The van der Waals surface area contributed by atoms with Crippen molar-refractivity contribution in [3.05, 3.63) is 34.9 Å². The molecule has 1 saturated carbocycles. The van der Waals surface area contributed by atoms with E-state index in [9.17, 15) is 14.4 Å². The first-order chi connectivity index (χ1) is 14.6. The number of aliphatic carboxylic acids is 2. The Kier molecular flexibility index (Phi) is 6.83. The Morgan fingerprint density at radius 3 is 2.29 bits per heavy atom. The molecule has 1 aromatic rings. The van der Waals surface area contributed by atoms with Gasteiger partial charge in [-0.15, -0.1) is 0 Å². The third-order valence-corrected chi connectivity index (χ3v) is 7.32. The van der Waals surface area contributed by atoms with Crippen LogP contribution in [-0.2, 0) is 21.4 Å². The zero-order valence-corrected chi connectivity index (χ0v) is 18.0. The molecule has 0 amide bonds. The van der Waals surface area contributed by atoms with Crippen LogP contribution < -0.4 is 0 Å². The van der Waals surface area contributed by atoms with E-state index >= 15 is 0 Å². The van der Waals surface area contributed by atoms with Gasteiger partial charge in [-0.2, -0.15) is 0 Å². The van der Waals surface area contributed by atoms with E-state index in [1.165, 1.54) is 44.2 Å². The van der Waals surface area contributed by atoms with Crippen LogP contribution in [0.1, 0.15) is 60.5 Å². The topological polar surface area (TPSA) is 135 Å². The molecule has 8 heteroatoms. The van der Waals surface area contributed by atoms with Gasteiger partial charge in [-0.1, -0.05) is 25.0 Å². The maximum absolute atomic E-state index is 11.7. The summed E-state index contributed by atoms with van der Waals surface area (Å²) in [6.45, 7) is 2.91. The summed E-state index contributed by atoms with van der Waals surface area (Å²) in [5.74, 6) is -2.51. The molecule has 4 N–H and O–H groups in total. The van der Waals surface area contributed by atoms with Crippen molar-refractivity contribution in [3.63, 3.8) is 0 Å². The van der Waals surface area contributed by atoms with Crippen molar-refractivity contribution < 1.29 is 34.8 Å². The van der Waals surface area contributed by atoms with E-state index in [1.807, 2.05) is 0 Å². The summed E-state index contributed by atoms with van der Waals surface area (Å²) in [5.41, 5.74) is 4.34. The van der Waals surface area contributed by atoms with Crippen molar-refractivity contribution in [1.29, 1.82) is 0 Å². The van der Waals surface area contributed by atoms with Gasteiger partial charge in [0.2, 0.25) is 0 Å². The van der Waals surface area contributed by atoms with Gasteiger partial charge in [-0.05, 0) is 69.3 Å². The van der Waals surface area contributed by atoms with Crippen molar-refractivity contribution in [3.8, 4) is 0 Å². The van der Waals surface area contributed by atoms with Crippen molar-refractivity contribution in [2.45, 2.75) is 69.1 Å². The van der Waals surface area contributed by atoms with Gasteiger partial charge in [0.15, 0.2) is 18.0 Å². The van der Waals surface area contributed by atoms with E-state index in [1.54, 1.807) is 12.5 Å². The summed E-state index contributed by atoms with van der Waals surface area (Å²) in [5, 5.41) is 32.5. The molecule has 4 rings (SSSR count). The van der Waals surface area contributed by atoms with Gasteiger partial charge in [-0.3, -0.25) is 4.79 Å². The molecule has 1 heterocycles. The standard InChI is InChI=1S/C19H25NO.C4H6O6/c1-13(21)14-6-7-16-15(11-14)12-18-17-5-3-4-8-19(16,17)9-10-20(18)2;5-1(3(7)8)2(6)4(9)10/h6-7,11,17-18H,3-5,8-10,12H2,1-2H3;1-2,5-6H,(H,7,8)(H,9,10)/t17-,18+,19-;1-,2-/m00/s1. The van der Waals surface area contributed by atoms with Crippen LogP contribution >= 0.6 is 0 Å². The number of aliphatic hydroxyl groups excluding tert-OH is 2. The molecule has 1 saturated heterocycles. The number of likely N-dealkylation sites (N-methyl/N-ethyl adjacent to an activating group) is 1. The summed E-state index contributed by atoms with van der Waals surface area (Å²) in [6.07, 6.45) is 3.43. The second-order valence-electron chi connectivity index (χ2n) is 9.00. The van der Waals surface area contributed by atoms with Gasteiger partial charge in [-0.25, -0.2) is 9.59 Å². The largest absolute Gasteiger partial charge is 0.479 e. The van der Waals surface area contributed by atoms with Gasteiger partial charge < -0.3 is 25.3 Å². The molecule has 2 fully saturated rings. The Morgan fingerprint density at radius 2 is 1.71 bits per heavy atom. The highest BCUT2D eigenvalue weighted by Gasteiger charge is 2.52. The number of rotatable bonds is 4. The minimum atomic E-state index is -2.27. The summed E-state index contributed by atoms with van der Waals surface area (Å²) in [4.78, 5) is 33.8. The minimum absolute atomic E-state index is 0.194. The fourth-order valence-corrected chi connectivity index (χ4v) is 5.72. The van der Waals surface area contributed by atoms with Crippen LogP contribution in [0.15, 0.2) is 18.2 Å². The summed E-state index contributed by atoms with van der Waals surface area (Å²) < 4.78 is 0. The van der Waals surface area contributed by atoms with Crippen molar-refractivity contribution in [2.24, 2.45) is 5.92 Å². The van der Waals surface area contributed by atoms with Crippen LogP contribution in [0.4, 0.5) is 0 Å². The maximum atomic E-state index is 11.7. The molecule has 0 unspecified atom stereocenters. The fourth-order valence-electron chi connectivity index (χ4n) is 5.72. The number of benzene rings is 1. The number of hydrogen-bond acceptors (Lipinski definition) is 6. The SMILES string of the molecule is CC(=O)c1ccc2c(c1)C[C@@H]1[C@@H]3CCCC[C@]23CCN1C.O=C(O)[C@@H](O)[C@H](O)C(=O)O. The van der Waals surface area contributed by atoms with Crippen molar-refractivity contribution in [1.82, 2.24) is 4.90 Å². The predicted octanol–water partition coefficient (Wildman–Crippen LogP) is 1.45. The Hall–Kier alpha value is -2.29. The molecular formula is C23H31NO7. The Bertz CT molecular complexity index is 851. The lowest BCUT2D eigenvalue weighted by atomic mass is 9.52. The van der Waals surface area contributed by atoms with Crippen molar-refractivity contribution >= 4 is 17.7 Å². The summed E-state index contributed by atoms with van der Waals surface area (Å²) in [7, 11) is 2.29. The zero-order valence-electron chi connectivity index (χ0n) is 18.0. The molecule has 2 aliphatic carbocycles. The maximum Gasteiger partial charge on any atom is 0.335 e. The van der Waals surface area contributed by atoms with Crippen LogP contribution in [-0.4, -0.2) is 74.9 Å². The average molecular weight is 434 g/mol. The number of likely N-dealkylation sites (tertiary alicyclic amines) is 1. The van der Waals surface area contributed by atoms with E-state index in [0.717, 1.165) is 17.9 Å². The molecule has 31 heavy (non-hydrogen) atoms. The summed E-state index contributed by atoms with van der Waals surface area (Å²) in [6, 6.07) is 7.25. The van der Waals surface area contributed by atoms with E-state index in [2.05, 4.69) is 30.1 Å². The van der Waals surface area contributed by atoms with Crippen LogP contribution in [0.3, 0.4) is 0 Å². The van der Waals surface area contributed by atoms with E-state index in [-0.39, 0.29) is 5.78 Å². The Labute approximate surface area is 181 Å². The number of carboxylic acids is 2. The fraction of sp³-hybridized carbons (Fsp3) is 0.609. The molecule has 1 aliphatic heterocycles. The lowest BCUT2D eigenvalue weighted by Gasteiger charge is -2.58. The van der Waals surface area contributed by atoms with E-state index in [4.69, 9.17) is 20.4 Å². The first-order valence-corrected chi connectivity index (χ1v) is 10.7. The first-order valence-electron chi connectivity index (χ1n) is 10.7. The molecule has 8 nitrogen and oxygen atoms in total. The third kappa shape index (κ3) is 4.37. The number of carbonyl (C=O) groups is 3. The third-order valence-electron chi connectivity index (χ3n) is 7.32. The van der Waals surface area contributed by atoms with Gasteiger partial charge >= 0.3 is 11.9 Å². The number of aliphatic hydroxyl groups is 2. The zero-order chi connectivity index (χ0) is 22.9. The number of hydrogen-bond donors (Lipinski definition) is 4. The number of carboxylic acid groups (broad SMARTS) is 2. The number of nitrogens with zero attached hydrogens (tertiary/aromatic N) is 1. The molecule has 5 atom stereocenters. The number of piperidine rings is 1. The molecule has 2 bridgehead atoms. The van der Waals surface area contributed by atoms with Gasteiger partial charge in [0.1, 0.15) is 0 Å². The van der Waals surface area contributed by atoms with Crippen LogP contribution in [0.5, 0.6) is 0 Å². The van der Waals surface area contributed by atoms with E-state index in [0.29, 0.717) is 11.5 Å². The average Bonchev–Trinajstić information content (AvgIpc) is 2.75. The smallest absolute Gasteiger partial charge is 0.335 e. The predicted molar refractivity (Wildman–Crippen MR) is 112 cm³/mol. The molecule has 0 aromatic heterocycles. The van der Waals surface area contributed by atoms with E-state index < -0.39 is 24.1 Å². The minimum Gasteiger partial charge on any atom is -0.479 e. The highest BCUT2D eigenvalue weighted by Crippen LogP contribution is 2.55. The highest BCUT2D eigenvalue weighted by atomic mass is 16.4. The number of Topliss-reactive ketones (excluding diaryl/α,β-unsaturated/α-hetero) is 1. The Morgan fingerprint density at radius 1 is 1.06 bits per heavy atom. The van der Waals surface area contributed by atoms with Crippen LogP contribution in [0.25, 0.3) is 0 Å². The molecule has 170 valence electrons. The lowest BCUT2D eigenvalue weighted by molar-refractivity contribution is -0.165. The molecule has 0 spiro atoms. The van der Waals surface area contributed by atoms with Crippen LogP contribution in [0.2, 0.25) is 0 Å². The summed E-state index contributed by atoms with van der Waals surface area (Å²) >= 11 is 0. The van der Waals surface area contributed by atoms with Gasteiger partial charge in [0.05, 0.1) is 0 Å². The second-order valence-corrected chi connectivity index (χ2v) is 9.00. The first kappa shape index (κ1) is 23.4.